The quantitative estimate of drug-likeness (QED) is 0.692. The molecule has 0 radical (unpaired) electrons. The molecule has 0 aliphatic carbocycles. The van der Waals surface area contributed by atoms with Crippen LogP contribution in [-0.4, -0.2) is 30.4 Å². The number of nitrogens with zero attached hydrogens (tertiary/aromatic N) is 1. The van der Waals surface area contributed by atoms with Crippen molar-refractivity contribution in [3.63, 3.8) is 0 Å². The molecule has 28 heavy (non-hydrogen) atoms. The van der Waals surface area contributed by atoms with Crippen molar-refractivity contribution in [1.82, 2.24) is 10.2 Å². The smallest absolute Gasteiger partial charge is 0.241 e. The Labute approximate surface area is 184 Å². The number of rotatable bonds is 6. The molecule has 1 fully saturated rings. The van der Waals surface area contributed by atoms with Gasteiger partial charge in [0.25, 0.3) is 0 Å². The summed E-state index contributed by atoms with van der Waals surface area (Å²) in [5, 5.41) is 3.76. The first-order valence-corrected chi connectivity index (χ1v) is 9.52. The van der Waals surface area contributed by atoms with Gasteiger partial charge in [0, 0.05) is 11.6 Å². The van der Waals surface area contributed by atoms with Gasteiger partial charge >= 0.3 is 0 Å². The maximum atomic E-state index is 12.6. The van der Waals surface area contributed by atoms with Gasteiger partial charge in [0.1, 0.15) is 6.04 Å². The van der Waals surface area contributed by atoms with Crippen molar-refractivity contribution >= 4 is 42.3 Å². The van der Waals surface area contributed by atoms with E-state index in [9.17, 15) is 4.79 Å². The van der Waals surface area contributed by atoms with Crippen molar-refractivity contribution in [2.75, 3.05) is 19.6 Å². The van der Waals surface area contributed by atoms with Gasteiger partial charge in [-0.1, -0.05) is 53.6 Å². The van der Waals surface area contributed by atoms with Gasteiger partial charge in [0.05, 0.1) is 6.04 Å². The standard InChI is InChI=1S/C21H26ClN3O.2ClH/c1-15-7-9-16(10-8-15)20(23)21(26)24-14-19(25-11-2-3-12-25)17-5-4-6-18(22)13-17;;/h4-10,13,19-20H,2-3,11-12,14,23H2,1H3,(H,24,26);2*1H. The zero-order chi connectivity index (χ0) is 18.5. The number of carbonyl (C=O) groups excluding carboxylic acids is 1. The lowest BCUT2D eigenvalue weighted by Crippen LogP contribution is -2.40. The van der Waals surface area contributed by atoms with Crippen LogP contribution in [0.1, 0.15) is 41.6 Å². The SMILES string of the molecule is Cc1ccc(C(N)C(=O)NCC(c2cccc(Cl)c2)N2CCCC2)cc1.Cl.Cl. The van der Waals surface area contributed by atoms with Crippen molar-refractivity contribution in [2.24, 2.45) is 5.73 Å². The first-order chi connectivity index (χ1) is 12.5. The van der Waals surface area contributed by atoms with Crippen molar-refractivity contribution in [2.45, 2.75) is 31.8 Å². The first-order valence-electron chi connectivity index (χ1n) is 9.14. The van der Waals surface area contributed by atoms with Crippen LogP contribution in [-0.2, 0) is 4.79 Å². The highest BCUT2D eigenvalue weighted by Gasteiger charge is 2.25. The fourth-order valence-electron chi connectivity index (χ4n) is 3.46. The molecule has 1 amide bonds. The number of amides is 1. The fourth-order valence-corrected chi connectivity index (χ4v) is 3.66. The van der Waals surface area contributed by atoms with E-state index in [-0.39, 0.29) is 36.8 Å². The number of likely N-dealkylation sites (tertiary alicyclic amines) is 1. The maximum Gasteiger partial charge on any atom is 0.241 e. The van der Waals surface area contributed by atoms with Gasteiger partial charge in [-0.05, 0) is 56.1 Å². The van der Waals surface area contributed by atoms with Gasteiger partial charge in [-0.15, -0.1) is 24.8 Å². The number of hydrogen-bond acceptors (Lipinski definition) is 3. The van der Waals surface area contributed by atoms with E-state index in [0.29, 0.717) is 6.54 Å². The van der Waals surface area contributed by atoms with Gasteiger partial charge in [0.15, 0.2) is 0 Å². The Morgan fingerprint density at radius 2 is 1.75 bits per heavy atom. The molecule has 0 spiro atoms. The van der Waals surface area contributed by atoms with Crippen LogP contribution in [0.4, 0.5) is 0 Å². The van der Waals surface area contributed by atoms with Crippen LogP contribution in [0, 0.1) is 6.92 Å². The van der Waals surface area contributed by atoms with Crippen molar-refractivity contribution < 1.29 is 4.79 Å². The average Bonchev–Trinajstić information content (AvgIpc) is 3.16. The highest BCUT2D eigenvalue weighted by molar-refractivity contribution is 6.30. The topological polar surface area (TPSA) is 58.4 Å². The monoisotopic (exact) mass is 443 g/mol. The summed E-state index contributed by atoms with van der Waals surface area (Å²) in [5.41, 5.74) is 9.25. The summed E-state index contributed by atoms with van der Waals surface area (Å²) in [6.07, 6.45) is 2.38. The van der Waals surface area contributed by atoms with Crippen LogP contribution in [0.25, 0.3) is 0 Å². The maximum absolute atomic E-state index is 12.6. The Bertz CT molecular complexity index is 749. The van der Waals surface area contributed by atoms with Gasteiger partial charge in [-0.25, -0.2) is 0 Å². The molecular formula is C21H28Cl3N3O. The minimum atomic E-state index is -0.658. The summed E-state index contributed by atoms with van der Waals surface area (Å²) in [6.45, 7) is 4.62. The van der Waals surface area contributed by atoms with Crippen LogP contribution in [0.3, 0.4) is 0 Å². The Morgan fingerprint density at radius 1 is 1.11 bits per heavy atom. The second-order valence-corrected chi connectivity index (χ2v) is 7.38. The molecule has 0 bridgehead atoms. The molecule has 3 rings (SSSR count). The summed E-state index contributed by atoms with van der Waals surface area (Å²) in [4.78, 5) is 15.0. The molecule has 7 heteroatoms. The van der Waals surface area contributed by atoms with E-state index in [2.05, 4.69) is 16.3 Å². The first kappa shape index (κ1) is 24.7. The lowest BCUT2D eigenvalue weighted by molar-refractivity contribution is -0.122. The summed E-state index contributed by atoms with van der Waals surface area (Å²) in [6, 6.07) is 15.1. The third-order valence-corrected chi connectivity index (χ3v) is 5.24. The third-order valence-electron chi connectivity index (χ3n) is 5.00. The van der Waals surface area contributed by atoms with Crippen LogP contribution in [0.5, 0.6) is 0 Å². The molecule has 3 N–H and O–H groups in total. The molecular weight excluding hydrogens is 417 g/mol. The third kappa shape index (κ3) is 6.36. The predicted molar refractivity (Wildman–Crippen MR) is 121 cm³/mol. The van der Waals surface area contributed by atoms with E-state index < -0.39 is 6.04 Å². The molecule has 2 aromatic rings. The van der Waals surface area contributed by atoms with E-state index >= 15 is 0 Å². The number of halogens is 3. The molecule has 1 heterocycles. The number of carbonyl (C=O) groups is 1. The fraction of sp³-hybridized carbons (Fsp3) is 0.381. The lowest BCUT2D eigenvalue weighted by Gasteiger charge is -2.29. The summed E-state index contributed by atoms with van der Waals surface area (Å²) in [5.74, 6) is -0.153. The van der Waals surface area contributed by atoms with Crippen LogP contribution < -0.4 is 11.1 Å². The van der Waals surface area contributed by atoms with Crippen LogP contribution in [0.15, 0.2) is 48.5 Å². The molecule has 1 saturated heterocycles. The highest BCUT2D eigenvalue weighted by atomic mass is 35.5. The average molecular weight is 445 g/mol. The second kappa shape index (κ2) is 11.6. The van der Waals surface area contributed by atoms with Crippen molar-refractivity contribution in [3.8, 4) is 0 Å². The Hall–Kier alpha value is -1.30. The van der Waals surface area contributed by atoms with Gasteiger partial charge in [-0.3, -0.25) is 9.69 Å². The highest BCUT2D eigenvalue weighted by Crippen LogP contribution is 2.26. The van der Waals surface area contributed by atoms with E-state index in [0.717, 1.165) is 34.8 Å². The van der Waals surface area contributed by atoms with Crippen LogP contribution >= 0.6 is 36.4 Å². The molecule has 154 valence electrons. The zero-order valence-corrected chi connectivity index (χ0v) is 18.3. The van der Waals surface area contributed by atoms with E-state index in [4.69, 9.17) is 17.3 Å². The van der Waals surface area contributed by atoms with Crippen molar-refractivity contribution in [1.29, 1.82) is 0 Å². The van der Waals surface area contributed by atoms with Gasteiger partial charge < -0.3 is 11.1 Å². The summed E-state index contributed by atoms with van der Waals surface area (Å²) >= 11 is 6.18. The largest absolute Gasteiger partial charge is 0.353 e. The minimum Gasteiger partial charge on any atom is -0.353 e. The number of nitrogens with one attached hydrogen (secondary N) is 1. The van der Waals surface area contributed by atoms with Crippen LogP contribution in [0.2, 0.25) is 5.02 Å². The number of nitrogens with two attached hydrogens (primary N) is 1. The second-order valence-electron chi connectivity index (χ2n) is 6.95. The predicted octanol–water partition coefficient (Wildman–Crippen LogP) is 4.45. The van der Waals surface area contributed by atoms with E-state index in [1.807, 2.05) is 49.4 Å². The van der Waals surface area contributed by atoms with E-state index in [1.165, 1.54) is 12.8 Å². The van der Waals surface area contributed by atoms with E-state index in [1.54, 1.807) is 0 Å². The number of aryl methyl sites for hydroxylation is 1. The molecule has 2 aromatic carbocycles. The Morgan fingerprint density at radius 3 is 2.36 bits per heavy atom. The normalized spacial score (nSPS) is 15.8. The molecule has 0 aromatic heterocycles. The molecule has 2 unspecified atom stereocenters. The van der Waals surface area contributed by atoms with Crippen molar-refractivity contribution in [3.05, 3.63) is 70.2 Å². The Balaban J connectivity index is 0.00000196. The summed E-state index contributed by atoms with van der Waals surface area (Å²) in [7, 11) is 0. The Kier molecular flexibility index (Phi) is 10.3. The minimum absolute atomic E-state index is 0. The molecule has 1 aliphatic rings. The van der Waals surface area contributed by atoms with Gasteiger partial charge in [-0.2, -0.15) is 0 Å². The molecule has 0 saturated carbocycles. The van der Waals surface area contributed by atoms with Gasteiger partial charge in [0.2, 0.25) is 5.91 Å². The number of benzene rings is 2. The number of hydrogen-bond donors (Lipinski definition) is 2. The zero-order valence-electron chi connectivity index (χ0n) is 15.9. The lowest BCUT2D eigenvalue weighted by atomic mass is 10.0. The summed E-state index contributed by atoms with van der Waals surface area (Å²) < 4.78 is 0. The molecule has 4 nitrogen and oxygen atoms in total. The molecule has 2 atom stereocenters. The molecule has 1 aliphatic heterocycles.